The van der Waals surface area contributed by atoms with Gasteiger partial charge in [0.15, 0.2) is 0 Å². The molecule has 1 aliphatic rings. The first kappa shape index (κ1) is 18.2. The van der Waals surface area contributed by atoms with Crippen LogP contribution in [0.3, 0.4) is 0 Å². The van der Waals surface area contributed by atoms with Gasteiger partial charge < -0.3 is 4.90 Å². The number of hydrogen-bond donors (Lipinski definition) is 0. The number of aromatic nitrogens is 1. The standard InChI is InChI=1S/C16H22N4O3S2/c1-3-19(4-2)25(22,23)20-9-7-18(8-10-20)16(21)13-5-6-14-15(11-13)24-12-17-14/h5-6,11-12H,3-4,7-10H2,1-2H3. The molecule has 3 rings (SSSR count). The molecule has 136 valence electrons. The van der Waals surface area contributed by atoms with Crippen molar-refractivity contribution in [2.75, 3.05) is 39.3 Å². The molecule has 9 heteroatoms. The fourth-order valence-corrected chi connectivity index (χ4v) is 5.33. The van der Waals surface area contributed by atoms with Crippen LogP contribution < -0.4 is 0 Å². The molecule has 0 atom stereocenters. The molecule has 1 saturated heterocycles. The van der Waals surface area contributed by atoms with E-state index in [1.165, 1.54) is 19.9 Å². The van der Waals surface area contributed by atoms with Gasteiger partial charge in [0.05, 0.1) is 15.7 Å². The molecule has 1 aliphatic heterocycles. The van der Waals surface area contributed by atoms with Crippen LogP contribution in [0, 0.1) is 0 Å². The number of amides is 1. The van der Waals surface area contributed by atoms with Gasteiger partial charge in [-0.2, -0.15) is 17.0 Å². The molecule has 0 aliphatic carbocycles. The van der Waals surface area contributed by atoms with Crippen molar-refractivity contribution in [3.05, 3.63) is 29.3 Å². The van der Waals surface area contributed by atoms with Crippen molar-refractivity contribution in [3.63, 3.8) is 0 Å². The Bertz CT molecular complexity index is 853. The fourth-order valence-electron chi connectivity index (χ4n) is 3.01. The zero-order chi connectivity index (χ0) is 18.0. The molecular formula is C16H22N4O3S2. The third-order valence-corrected chi connectivity index (χ3v) is 7.44. The summed E-state index contributed by atoms with van der Waals surface area (Å²) in [5, 5.41) is 0. The van der Waals surface area contributed by atoms with Crippen LogP contribution in [0.4, 0.5) is 0 Å². The summed E-state index contributed by atoms with van der Waals surface area (Å²) in [6.07, 6.45) is 0. The Labute approximate surface area is 152 Å². The van der Waals surface area contributed by atoms with Crippen molar-refractivity contribution in [2.45, 2.75) is 13.8 Å². The van der Waals surface area contributed by atoms with Crippen molar-refractivity contribution in [3.8, 4) is 0 Å². The monoisotopic (exact) mass is 382 g/mol. The lowest BCUT2D eigenvalue weighted by molar-refractivity contribution is 0.0694. The molecule has 1 fully saturated rings. The third-order valence-electron chi connectivity index (χ3n) is 4.46. The average Bonchev–Trinajstić information content (AvgIpc) is 3.09. The van der Waals surface area contributed by atoms with Crippen LogP contribution in [0.5, 0.6) is 0 Å². The summed E-state index contributed by atoms with van der Waals surface area (Å²) in [5.41, 5.74) is 3.27. The summed E-state index contributed by atoms with van der Waals surface area (Å²) < 4.78 is 29.0. The highest BCUT2D eigenvalue weighted by Gasteiger charge is 2.32. The molecule has 1 aromatic heterocycles. The van der Waals surface area contributed by atoms with E-state index in [9.17, 15) is 13.2 Å². The Hall–Kier alpha value is -1.55. The summed E-state index contributed by atoms with van der Waals surface area (Å²) in [7, 11) is -3.44. The van der Waals surface area contributed by atoms with Crippen molar-refractivity contribution >= 4 is 37.7 Å². The van der Waals surface area contributed by atoms with Gasteiger partial charge in [0.2, 0.25) is 0 Å². The Kier molecular flexibility index (Phi) is 5.38. The zero-order valence-electron chi connectivity index (χ0n) is 14.4. The van der Waals surface area contributed by atoms with Gasteiger partial charge in [-0.1, -0.05) is 13.8 Å². The smallest absolute Gasteiger partial charge is 0.282 e. The second-order valence-electron chi connectivity index (χ2n) is 5.82. The van der Waals surface area contributed by atoms with Gasteiger partial charge in [0.25, 0.3) is 16.1 Å². The van der Waals surface area contributed by atoms with Crippen LogP contribution in [0.1, 0.15) is 24.2 Å². The molecule has 0 saturated carbocycles. The second-order valence-corrected chi connectivity index (χ2v) is 8.63. The average molecular weight is 383 g/mol. The van der Waals surface area contributed by atoms with Crippen LogP contribution in [-0.2, 0) is 10.2 Å². The largest absolute Gasteiger partial charge is 0.336 e. The molecule has 0 bridgehead atoms. The lowest BCUT2D eigenvalue weighted by Crippen LogP contribution is -2.54. The first-order valence-corrected chi connectivity index (χ1v) is 10.6. The molecule has 2 aromatic rings. The number of piperazine rings is 1. The number of hydrogen-bond acceptors (Lipinski definition) is 5. The Balaban J connectivity index is 1.68. The Morgan fingerprint density at radius 3 is 2.52 bits per heavy atom. The topological polar surface area (TPSA) is 73.8 Å². The molecule has 1 amide bonds. The number of nitrogens with zero attached hydrogens (tertiary/aromatic N) is 4. The van der Waals surface area contributed by atoms with Gasteiger partial charge in [0.1, 0.15) is 0 Å². The highest BCUT2D eigenvalue weighted by molar-refractivity contribution is 7.86. The quantitative estimate of drug-likeness (QED) is 0.788. The molecule has 2 heterocycles. The van der Waals surface area contributed by atoms with E-state index in [1.807, 2.05) is 26.0 Å². The van der Waals surface area contributed by atoms with E-state index >= 15 is 0 Å². The highest BCUT2D eigenvalue weighted by Crippen LogP contribution is 2.21. The lowest BCUT2D eigenvalue weighted by atomic mass is 10.2. The van der Waals surface area contributed by atoms with E-state index in [0.717, 1.165) is 10.2 Å². The van der Waals surface area contributed by atoms with Crippen molar-refractivity contribution < 1.29 is 13.2 Å². The predicted octanol–water partition coefficient (Wildman–Crippen LogP) is 1.64. The van der Waals surface area contributed by atoms with Crippen LogP contribution in [-0.4, -0.2) is 72.1 Å². The normalized spacial score (nSPS) is 16.7. The van der Waals surface area contributed by atoms with E-state index < -0.39 is 10.2 Å². The minimum Gasteiger partial charge on any atom is -0.336 e. The maximum absolute atomic E-state index is 12.7. The van der Waals surface area contributed by atoms with E-state index in [1.54, 1.807) is 16.5 Å². The summed E-state index contributed by atoms with van der Waals surface area (Å²) in [6, 6.07) is 5.48. The van der Waals surface area contributed by atoms with Crippen LogP contribution >= 0.6 is 11.3 Å². The Morgan fingerprint density at radius 1 is 1.20 bits per heavy atom. The summed E-state index contributed by atoms with van der Waals surface area (Å²) in [4.78, 5) is 18.6. The SMILES string of the molecule is CCN(CC)S(=O)(=O)N1CCN(C(=O)c2ccc3ncsc3c2)CC1. The van der Waals surface area contributed by atoms with E-state index in [4.69, 9.17) is 0 Å². The minimum absolute atomic E-state index is 0.0600. The molecule has 0 unspecified atom stereocenters. The highest BCUT2D eigenvalue weighted by atomic mass is 32.2. The van der Waals surface area contributed by atoms with Crippen LogP contribution in [0.2, 0.25) is 0 Å². The van der Waals surface area contributed by atoms with Gasteiger partial charge >= 0.3 is 0 Å². The summed E-state index contributed by atoms with van der Waals surface area (Å²) >= 11 is 1.50. The number of carbonyl (C=O) groups excluding carboxylic acids is 1. The van der Waals surface area contributed by atoms with Gasteiger partial charge in [-0.05, 0) is 18.2 Å². The number of benzene rings is 1. The number of fused-ring (bicyclic) bond motifs is 1. The van der Waals surface area contributed by atoms with E-state index in [-0.39, 0.29) is 5.91 Å². The molecule has 1 aromatic carbocycles. The van der Waals surface area contributed by atoms with Gasteiger partial charge in [0, 0.05) is 44.8 Å². The molecular weight excluding hydrogens is 360 g/mol. The molecule has 0 radical (unpaired) electrons. The molecule has 25 heavy (non-hydrogen) atoms. The van der Waals surface area contributed by atoms with Crippen LogP contribution in [0.15, 0.2) is 23.7 Å². The van der Waals surface area contributed by atoms with Crippen molar-refractivity contribution in [1.29, 1.82) is 0 Å². The third kappa shape index (κ3) is 3.55. The summed E-state index contributed by atoms with van der Waals surface area (Å²) in [5.74, 6) is -0.0600. The number of rotatable bonds is 5. The maximum Gasteiger partial charge on any atom is 0.282 e. The van der Waals surface area contributed by atoms with E-state index in [2.05, 4.69) is 4.98 Å². The van der Waals surface area contributed by atoms with Gasteiger partial charge in [-0.15, -0.1) is 11.3 Å². The maximum atomic E-state index is 12.7. The fraction of sp³-hybridized carbons (Fsp3) is 0.500. The minimum atomic E-state index is -3.44. The molecule has 0 spiro atoms. The van der Waals surface area contributed by atoms with E-state index in [0.29, 0.717) is 44.8 Å². The second kappa shape index (κ2) is 7.36. The lowest BCUT2D eigenvalue weighted by Gasteiger charge is -2.36. The molecule has 7 nitrogen and oxygen atoms in total. The number of carbonyl (C=O) groups is 1. The number of thiazole rings is 1. The van der Waals surface area contributed by atoms with Gasteiger partial charge in [-0.3, -0.25) is 4.79 Å². The zero-order valence-corrected chi connectivity index (χ0v) is 16.0. The summed E-state index contributed by atoms with van der Waals surface area (Å²) in [6.45, 7) is 6.02. The Morgan fingerprint density at radius 2 is 1.88 bits per heavy atom. The van der Waals surface area contributed by atoms with Crippen molar-refractivity contribution in [2.24, 2.45) is 0 Å². The first-order chi connectivity index (χ1) is 12.0. The predicted molar refractivity (Wildman–Crippen MR) is 98.9 cm³/mol. The first-order valence-electron chi connectivity index (χ1n) is 8.35. The molecule has 0 N–H and O–H groups in total. The van der Waals surface area contributed by atoms with Gasteiger partial charge in [-0.25, -0.2) is 4.98 Å². The van der Waals surface area contributed by atoms with Crippen LogP contribution in [0.25, 0.3) is 10.2 Å². The van der Waals surface area contributed by atoms with Crippen molar-refractivity contribution in [1.82, 2.24) is 18.5 Å².